The van der Waals surface area contributed by atoms with Gasteiger partial charge < -0.3 is 14.0 Å². The second kappa shape index (κ2) is 3.95. The summed E-state index contributed by atoms with van der Waals surface area (Å²) in [5, 5.41) is 0. The Morgan fingerprint density at radius 2 is 2.30 bits per heavy atom. The summed E-state index contributed by atoms with van der Waals surface area (Å²) < 4.78 is 14.6. The second-order valence-corrected chi connectivity index (χ2v) is 1.61. The van der Waals surface area contributed by atoms with Gasteiger partial charge >= 0.3 is 7.32 Å². The van der Waals surface area contributed by atoms with E-state index in [9.17, 15) is 0 Å². The van der Waals surface area contributed by atoms with Crippen LogP contribution >= 0.6 is 0 Å². The second-order valence-electron chi connectivity index (χ2n) is 1.61. The van der Waals surface area contributed by atoms with E-state index in [0.29, 0.717) is 6.61 Å². The Bertz CT molecular complexity index is 140. The highest BCUT2D eigenvalue weighted by Gasteiger charge is 2.26. The molecule has 0 aromatic heterocycles. The third kappa shape index (κ3) is 2.10. The normalized spacial score (nSPS) is 15.9. The zero-order valence-corrected chi connectivity index (χ0v) is 5.69. The van der Waals surface area contributed by atoms with Gasteiger partial charge in [0.15, 0.2) is 0 Å². The molecule has 0 aromatic carbocycles. The van der Waals surface area contributed by atoms with Crippen LogP contribution in [0.5, 0.6) is 0 Å². The minimum atomic E-state index is -0.585. The maximum absolute atomic E-state index is 4.99. The van der Waals surface area contributed by atoms with Crippen molar-refractivity contribution in [3.63, 3.8) is 0 Å². The minimum Gasteiger partial charge on any atom is -0.504 e. The zero-order valence-electron chi connectivity index (χ0n) is 5.69. The molecule has 1 aliphatic heterocycles. The maximum atomic E-state index is 4.99. The standard InChI is InChI=1S/C5H8BNO3/c1-7-2-3-8-6-9-4-5-10-6/h2,4-5H,3H2,1H3. The molecule has 5 heteroatoms. The Morgan fingerprint density at radius 3 is 2.90 bits per heavy atom. The molecule has 1 heterocycles. The third-order valence-electron chi connectivity index (χ3n) is 0.924. The van der Waals surface area contributed by atoms with Crippen molar-refractivity contribution in [1.82, 2.24) is 0 Å². The molecule has 0 fully saturated rings. The maximum Gasteiger partial charge on any atom is 0.787 e. The van der Waals surface area contributed by atoms with Gasteiger partial charge in [-0.05, 0) is 0 Å². The average molecular weight is 141 g/mol. The molecule has 0 bridgehead atoms. The van der Waals surface area contributed by atoms with Crippen LogP contribution in [0.3, 0.4) is 0 Å². The summed E-state index contributed by atoms with van der Waals surface area (Å²) >= 11 is 0. The smallest absolute Gasteiger partial charge is 0.504 e. The number of nitrogens with zero attached hydrogens (tertiary/aromatic N) is 1. The summed E-state index contributed by atoms with van der Waals surface area (Å²) in [6.07, 6.45) is 4.51. The monoisotopic (exact) mass is 141 g/mol. The number of hydrogen-bond donors (Lipinski definition) is 0. The van der Waals surface area contributed by atoms with Gasteiger partial charge in [0.2, 0.25) is 0 Å². The van der Waals surface area contributed by atoms with Gasteiger partial charge in [0.1, 0.15) is 0 Å². The van der Waals surface area contributed by atoms with Crippen LogP contribution in [-0.2, 0) is 14.0 Å². The SMILES string of the molecule is CN=CCOB1OC=CO1. The molecular weight excluding hydrogens is 133 g/mol. The molecule has 0 saturated carbocycles. The number of rotatable bonds is 3. The van der Waals surface area contributed by atoms with Crippen LogP contribution < -0.4 is 0 Å². The fourth-order valence-electron chi connectivity index (χ4n) is 0.499. The van der Waals surface area contributed by atoms with Gasteiger partial charge in [-0.2, -0.15) is 0 Å². The fourth-order valence-corrected chi connectivity index (χ4v) is 0.499. The summed E-state index contributed by atoms with van der Waals surface area (Å²) in [6.45, 7) is 0.406. The largest absolute Gasteiger partial charge is 0.787 e. The summed E-state index contributed by atoms with van der Waals surface area (Å²) in [5.41, 5.74) is 0. The molecule has 0 atom stereocenters. The summed E-state index contributed by atoms with van der Waals surface area (Å²) in [7, 11) is 1.09. The van der Waals surface area contributed by atoms with E-state index in [2.05, 4.69) is 4.99 Å². The fraction of sp³-hybridized carbons (Fsp3) is 0.400. The first-order valence-electron chi connectivity index (χ1n) is 2.91. The molecule has 0 aromatic rings. The van der Waals surface area contributed by atoms with Gasteiger partial charge in [0.05, 0.1) is 19.1 Å². The lowest BCUT2D eigenvalue weighted by molar-refractivity contribution is 0.219. The molecule has 10 heavy (non-hydrogen) atoms. The average Bonchev–Trinajstić information content (AvgIpc) is 2.41. The molecule has 0 spiro atoms. The van der Waals surface area contributed by atoms with Crippen molar-refractivity contribution < 1.29 is 14.0 Å². The van der Waals surface area contributed by atoms with Crippen molar-refractivity contribution in [3.05, 3.63) is 12.5 Å². The van der Waals surface area contributed by atoms with E-state index in [1.165, 1.54) is 12.5 Å². The van der Waals surface area contributed by atoms with Gasteiger partial charge in [-0.3, -0.25) is 4.99 Å². The number of aliphatic imine (C=N–C) groups is 1. The zero-order chi connectivity index (χ0) is 7.23. The van der Waals surface area contributed by atoms with Crippen molar-refractivity contribution in [2.45, 2.75) is 0 Å². The molecule has 0 aliphatic carbocycles. The highest BCUT2D eigenvalue weighted by Crippen LogP contribution is 2.00. The van der Waals surface area contributed by atoms with Crippen molar-refractivity contribution >= 4 is 13.5 Å². The molecule has 4 nitrogen and oxygen atoms in total. The molecule has 54 valence electrons. The summed E-state index contributed by atoms with van der Waals surface area (Å²) in [6, 6.07) is 0. The van der Waals surface area contributed by atoms with E-state index in [1.807, 2.05) is 0 Å². The van der Waals surface area contributed by atoms with Gasteiger partial charge in [0, 0.05) is 13.3 Å². The molecule has 0 N–H and O–H groups in total. The van der Waals surface area contributed by atoms with E-state index in [0.717, 1.165) is 0 Å². The van der Waals surface area contributed by atoms with Crippen LogP contribution in [0.15, 0.2) is 17.5 Å². The Labute approximate surface area is 59.7 Å². The minimum absolute atomic E-state index is 0.406. The van der Waals surface area contributed by atoms with Crippen LogP contribution in [-0.4, -0.2) is 27.2 Å². The molecule has 1 rings (SSSR count). The lowest BCUT2D eigenvalue weighted by Gasteiger charge is -2.00. The van der Waals surface area contributed by atoms with Gasteiger partial charge in [0.25, 0.3) is 0 Å². The third-order valence-corrected chi connectivity index (χ3v) is 0.924. The van der Waals surface area contributed by atoms with Crippen LogP contribution in [0.2, 0.25) is 0 Å². The lowest BCUT2D eigenvalue weighted by Crippen LogP contribution is -2.20. The summed E-state index contributed by atoms with van der Waals surface area (Å²) in [4.78, 5) is 3.72. The molecule has 0 unspecified atom stereocenters. The molecule has 1 aliphatic rings. The van der Waals surface area contributed by atoms with Crippen molar-refractivity contribution in [3.8, 4) is 0 Å². The van der Waals surface area contributed by atoms with Gasteiger partial charge in [-0.1, -0.05) is 0 Å². The Kier molecular flexibility index (Phi) is 2.82. The van der Waals surface area contributed by atoms with E-state index < -0.39 is 7.32 Å². The highest BCUT2D eigenvalue weighted by atomic mass is 16.7. The Balaban J connectivity index is 2.03. The van der Waals surface area contributed by atoms with Crippen LogP contribution in [0.1, 0.15) is 0 Å². The van der Waals surface area contributed by atoms with E-state index in [-0.39, 0.29) is 0 Å². The molecule has 0 radical (unpaired) electrons. The van der Waals surface area contributed by atoms with Gasteiger partial charge in [-0.25, -0.2) is 0 Å². The summed E-state index contributed by atoms with van der Waals surface area (Å²) in [5.74, 6) is 0. The number of hydrogen-bond acceptors (Lipinski definition) is 4. The highest BCUT2D eigenvalue weighted by molar-refractivity contribution is 6.37. The van der Waals surface area contributed by atoms with E-state index in [4.69, 9.17) is 14.0 Å². The van der Waals surface area contributed by atoms with Crippen molar-refractivity contribution in [2.24, 2.45) is 4.99 Å². The van der Waals surface area contributed by atoms with E-state index in [1.54, 1.807) is 13.3 Å². The first kappa shape index (κ1) is 7.15. The predicted octanol–water partition coefficient (Wildman–Crippen LogP) is 0.207. The lowest BCUT2D eigenvalue weighted by atomic mass is 10.2. The van der Waals surface area contributed by atoms with Crippen molar-refractivity contribution in [2.75, 3.05) is 13.7 Å². The first-order chi connectivity index (χ1) is 4.93. The van der Waals surface area contributed by atoms with Gasteiger partial charge in [-0.15, -0.1) is 0 Å². The molecule has 0 saturated heterocycles. The molecule has 0 amide bonds. The topological polar surface area (TPSA) is 40.0 Å². The quantitative estimate of drug-likeness (QED) is 0.416. The van der Waals surface area contributed by atoms with Crippen LogP contribution in [0.4, 0.5) is 0 Å². The Hall–Kier alpha value is -0.965. The van der Waals surface area contributed by atoms with Crippen LogP contribution in [0.25, 0.3) is 0 Å². The van der Waals surface area contributed by atoms with Crippen molar-refractivity contribution in [1.29, 1.82) is 0 Å². The predicted molar refractivity (Wildman–Crippen MR) is 37.4 cm³/mol. The Morgan fingerprint density at radius 1 is 1.60 bits per heavy atom. The van der Waals surface area contributed by atoms with E-state index >= 15 is 0 Å². The van der Waals surface area contributed by atoms with Crippen LogP contribution in [0, 0.1) is 0 Å². The molecular formula is C5H8BNO3. The first-order valence-corrected chi connectivity index (χ1v) is 2.91.